The largest absolute Gasteiger partial charge is 0.376 e. The Morgan fingerprint density at radius 1 is 1.39 bits per heavy atom. The number of Topliss-reactive ketones (excluding diaryl/α,β-unsaturated/α-hetero) is 1. The third kappa shape index (κ3) is 3.95. The van der Waals surface area contributed by atoms with Gasteiger partial charge < -0.3 is 4.74 Å². The molecule has 2 atom stereocenters. The molecule has 18 heavy (non-hydrogen) atoms. The zero-order chi connectivity index (χ0) is 13.7. The van der Waals surface area contributed by atoms with Crippen molar-refractivity contribution >= 4 is 5.78 Å². The lowest BCUT2D eigenvalue weighted by atomic mass is 9.97. The second kappa shape index (κ2) is 6.69. The highest BCUT2D eigenvalue weighted by Gasteiger charge is 2.32. The highest BCUT2D eigenvalue weighted by Crippen LogP contribution is 2.26. The maximum Gasteiger partial charge on any atom is 0.168 e. The molecular formula is C16H24O2. The monoisotopic (exact) mass is 248 g/mol. The topological polar surface area (TPSA) is 26.3 Å². The fourth-order valence-electron chi connectivity index (χ4n) is 2.21. The van der Waals surface area contributed by atoms with Crippen molar-refractivity contribution in [1.82, 2.24) is 0 Å². The fourth-order valence-corrected chi connectivity index (χ4v) is 2.21. The molecule has 0 unspecified atom stereocenters. The first-order valence-electron chi connectivity index (χ1n) is 6.51. The third-order valence-electron chi connectivity index (χ3n) is 3.29. The van der Waals surface area contributed by atoms with Crippen molar-refractivity contribution in [1.29, 1.82) is 0 Å². The Morgan fingerprint density at radius 3 is 2.61 bits per heavy atom. The van der Waals surface area contributed by atoms with E-state index in [1.54, 1.807) is 7.11 Å². The summed E-state index contributed by atoms with van der Waals surface area (Å²) in [5.41, 5.74) is 3.42. The van der Waals surface area contributed by atoms with Crippen LogP contribution in [0.15, 0.2) is 34.9 Å². The molecule has 0 N–H and O–H groups in total. The summed E-state index contributed by atoms with van der Waals surface area (Å²) in [6.45, 7) is 8.16. The molecule has 0 spiro atoms. The van der Waals surface area contributed by atoms with Gasteiger partial charge in [0.1, 0.15) is 0 Å². The van der Waals surface area contributed by atoms with Gasteiger partial charge in [-0.05, 0) is 52.2 Å². The molecule has 0 heterocycles. The maximum atomic E-state index is 12.0. The number of carbonyl (C=O) groups is 1. The summed E-state index contributed by atoms with van der Waals surface area (Å²) >= 11 is 0. The molecule has 0 aromatic rings. The molecule has 1 rings (SSSR count). The van der Waals surface area contributed by atoms with Crippen molar-refractivity contribution in [2.24, 2.45) is 5.92 Å². The third-order valence-corrected chi connectivity index (χ3v) is 3.29. The Kier molecular flexibility index (Phi) is 5.54. The molecule has 0 aromatic carbocycles. The number of hydrogen-bond donors (Lipinski definition) is 0. The van der Waals surface area contributed by atoms with E-state index < -0.39 is 0 Å². The normalized spacial score (nSPS) is 24.2. The number of hydrogen-bond acceptors (Lipinski definition) is 2. The van der Waals surface area contributed by atoms with Crippen LogP contribution in [0.2, 0.25) is 0 Å². The summed E-state index contributed by atoms with van der Waals surface area (Å²) in [4.78, 5) is 12.0. The van der Waals surface area contributed by atoms with Crippen LogP contribution in [0.1, 0.15) is 40.5 Å². The van der Waals surface area contributed by atoms with Gasteiger partial charge >= 0.3 is 0 Å². The van der Waals surface area contributed by atoms with E-state index in [4.69, 9.17) is 4.74 Å². The van der Waals surface area contributed by atoms with Gasteiger partial charge in [0.05, 0.1) is 12.0 Å². The van der Waals surface area contributed by atoms with Crippen molar-refractivity contribution in [2.45, 2.75) is 46.6 Å². The van der Waals surface area contributed by atoms with E-state index in [0.29, 0.717) is 0 Å². The van der Waals surface area contributed by atoms with E-state index in [1.807, 2.05) is 13.0 Å². The molecule has 2 nitrogen and oxygen atoms in total. The van der Waals surface area contributed by atoms with E-state index in [1.165, 1.54) is 11.1 Å². The molecular weight excluding hydrogens is 224 g/mol. The van der Waals surface area contributed by atoms with Crippen LogP contribution < -0.4 is 0 Å². The van der Waals surface area contributed by atoms with Crippen molar-refractivity contribution < 1.29 is 9.53 Å². The summed E-state index contributed by atoms with van der Waals surface area (Å²) in [5, 5.41) is 0. The van der Waals surface area contributed by atoms with Gasteiger partial charge in [0.25, 0.3) is 0 Å². The minimum atomic E-state index is -0.123. The van der Waals surface area contributed by atoms with Crippen LogP contribution >= 0.6 is 0 Å². The first kappa shape index (κ1) is 14.9. The summed E-state index contributed by atoms with van der Waals surface area (Å²) < 4.78 is 5.35. The van der Waals surface area contributed by atoms with E-state index >= 15 is 0 Å². The van der Waals surface area contributed by atoms with Gasteiger partial charge in [-0.25, -0.2) is 0 Å². The van der Waals surface area contributed by atoms with Crippen LogP contribution in [-0.2, 0) is 9.53 Å². The average Bonchev–Trinajstić information content (AvgIpc) is 2.56. The first-order valence-corrected chi connectivity index (χ1v) is 6.51. The Labute approximate surface area is 110 Å². The number of carbonyl (C=O) groups excluding carboxylic acids is 1. The molecule has 1 aliphatic carbocycles. The second-order valence-corrected chi connectivity index (χ2v) is 5.27. The van der Waals surface area contributed by atoms with Crippen LogP contribution in [0.5, 0.6) is 0 Å². The number of methoxy groups -OCH3 is 1. The van der Waals surface area contributed by atoms with Crippen LogP contribution in [-0.4, -0.2) is 19.0 Å². The highest BCUT2D eigenvalue weighted by molar-refractivity contribution is 6.01. The molecule has 2 heteroatoms. The Morgan fingerprint density at radius 2 is 2.06 bits per heavy atom. The number of ether oxygens (including phenoxy) is 1. The van der Waals surface area contributed by atoms with E-state index in [-0.39, 0.29) is 17.8 Å². The number of ketones is 1. The summed E-state index contributed by atoms with van der Waals surface area (Å²) in [6, 6.07) is 0. The summed E-state index contributed by atoms with van der Waals surface area (Å²) in [5.74, 6) is 0.0742. The lowest BCUT2D eigenvalue weighted by Gasteiger charge is -2.14. The molecule has 0 saturated heterocycles. The molecule has 1 aliphatic rings. The summed E-state index contributed by atoms with van der Waals surface area (Å²) in [6.07, 6.45) is 8.18. The van der Waals surface area contributed by atoms with Gasteiger partial charge in [-0.3, -0.25) is 4.79 Å². The van der Waals surface area contributed by atoms with E-state index in [0.717, 1.165) is 18.4 Å². The lowest BCUT2D eigenvalue weighted by Crippen LogP contribution is -2.20. The van der Waals surface area contributed by atoms with Crippen molar-refractivity contribution in [3.8, 4) is 0 Å². The van der Waals surface area contributed by atoms with E-state index in [2.05, 4.69) is 32.9 Å². The minimum Gasteiger partial charge on any atom is -0.376 e. The lowest BCUT2D eigenvalue weighted by molar-refractivity contribution is -0.119. The quantitative estimate of drug-likeness (QED) is 0.691. The smallest absolute Gasteiger partial charge is 0.168 e. The molecule has 100 valence electrons. The predicted octanol–water partition coefficient (Wildman–Crippen LogP) is 3.84. The second-order valence-electron chi connectivity index (χ2n) is 5.27. The van der Waals surface area contributed by atoms with Crippen LogP contribution in [0.25, 0.3) is 0 Å². The molecule has 0 bridgehead atoms. The van der Waals surface area contributed by atoms with Crippen molar-refractivity contribution in [3.63, 3.8) is 0 Å². The van der Waals surface area contributed by atoms with Crippen LogP contribution in [0, 0.1) is 5.92 Å². The molecule has 0 fully saturated rings. The summed E-state index contributed by atoms with van der Waals surface area (Å²) in [7, 11) is 1.66. The minimum absolute atomic E-state index is 0.0871. The Hall–Kier alpha value is -1.15. The number of allylic oxidation sites excluding steroid dienone is 4. The highest BCUT2D eigenvalue weighted by atomic mass is 16.5. The van der Waals surface area contributed by atoms with Gasteiger partial charge in [0.2, 0.25) is 0 Å². The first-order chi connectivity index (χ1) is 8.45. The van der Waals surface area contributed by atoms with Gasteiger partial charge in [-0.2, -0.15) is 0 Å². The maximum absolute atomic E-state index is 12.0. The van der Waals surface area contributed by atoms with E-state index in [9.17, 15) is 4.79 Å². The molecule has 0 amide bonds. The zero-order valence-electron chi connectivity index (χ0n) is 12.1. The molecule has 0 saturated carbocycles. The van der Waals surface area contributed by atoms with Gasteiger partial charge in [-0.15, -0.1) is 0 Å². The van der Waals surface area contributed by atoms with Crippen LogP contribution in [0.3, 0.4) is 0 Å². The molecule has 0 aliphatic heterocycles. The van der Waals surface area contributed by atoms with Gasteiger partial charge in [0.15, 0.2) is 5.78 Å². The average molecular weight is 248 g/mol. The fraction of sp³-hybridized carbons (Fsp3) is 0.562. The van der Waals surface area contributed by atoms with Crippen molar-refractivity contribution in [2.75, 3.05) is 7.11 Å². The molecule has 0 radical (unpaired) electrons. The van der Waals surface area contributed by atoms with Gasteiger partial charge in [-0.1, -0.05) is 23.3 Å². The standard InChI is InChI=1S/C16H24O2/c1-11(2)7-6-8-12(3)9-14-15(18-5)10-13(4)16(14)17/h7,9-10,14-15H,6,8H2,1-5H3/b12-9-/t14-,15-/m1/s1. The zero-order valence-corrected chi connectivity index (χ0v) is 12.1. The molecule has 0 aromatic heterocycles. The Balaban J connectivity index is 2.65. The van der Waals surface area contributed by atoms with Crippen molar-refractivity contribution in [3.05, 3.63) is 34.9 Å². The predicted molar refractivity (Wildman–Crippen MR) is 75.5 cm³/mol. The SMILES string of the molecule is CO[C@@H]1C=C(C)C(=O)[C@@H]1/C=C(/C)CCC=C(C)C. The van der Waals surface area contributed by atoms with Gasteiger partial charge in [0, 0.05) is 7.11 Å². The Bertz CT molecular complexity index is 395. The number of rotatable bonds is 5. The van der Waals surface area contributed by atoms with Crippen LogP contribution in [0.4, 0.5) is 0 Å².